The molecule has 0 bridgehead atoms. The Labute approximate surface area is 577 Å². The molecule has 516 valence electrons. The summed E-state index contributed by atoms with van der Waals surface area (Å²) < 4.78 is 26.4. The number of carbonyl (C=O) groups excluding carboxylic acids is 5. The van der Waals surface area contributed by atoms with Crippen LogP contribution in [0.15, 0.2) is 132 Å². The third-order valence-corrected chi connectivity index (χ3v) is 20.8. The molecule has 3 N–H and O–H groups in total. The van der Waals surface area contributed by atoms with Gasteiger partial charge in [-0.3, -0.25) is 34.1 Å². The van der Waals surface area contributed by atoms with Crippen LogP contribution < -0.4 is 5.32 Å². The average Bonchev–Trinajstić information content (AvgIpc) is 1.67. The highest BCUT2D eigenvalue weighted by Gasteiger charge is 2.42. The molecular formula is C79H90N10O10. The summed E-state index contributed by atoms with van der Waals surface area (Å²) in [5.74, 6) is -0.376. The molecule has 0 spiro atoms. The fourth-order valence-corrected chi connectivity index (χ4v) is 15.1. The number of ether oxygens (including phenoxy) is 5. The summed E-state index contributed by atoms with van der Waals surface area (Å²) in [6, 6.07) is 38.9. The summed E-state index contributed by atoms with van der Waals surface area (Å²) in [7, 11) is 5.80. The summed E-state index contributed by atoms with van der Waals surface area (Å²) in [4.78, 5) is 96.5. The molecule has 0 saturated carbocycles. The number of benzene rings is 6. The Balaban J connectivity index is 0.000000179. The summed E-state index contributed by atoms with van der Waals surface area (Å²) in [6.45, 7) is 12.3. The second-order valence-corrected chi connectivity index (χ2v) is 28.2. The third-order valence-electron chi connectivity index (χ3n) is 20.8. The zero-order chi connectivity index (χ0) is 69.2. The smallest absolute Gasteiger partial charge is 0.410 e. The van der Waals surface area contributed by atoms with Crippen molar-refractivity contribution in [1.82, 2.24) is 40.0 Å². The zero-order valence-electron chi connectivity index (χ0n) is 58.2. The number of esters is 2. The van der Waals surface area contributed by atoms with Crippen LogP contribution in [-0.4, -0.2) is 160 Å². The van der Waals surface area contributed by atoms with Crippen LogP contribution >= 0.6 is 0 Å². The lowest BCUT2D eigenvalue weighted by molar-refractivity contribution is -0.150. The number of nitrogens with one attached hydrogen (secondary N) is 3. The number of carbonyl (C=O) groups is 5. The average molecular weight is 1340 g/mol. The Morgan fingerprint density at radius 3 is 1.36 bits per heavy atom. The van der Waals surface area contributed by atoms with Gasteiger partial charge >= 0.3 is 18.0 Å². The molecule has 20 heteroatoms. The number of hydrogen-bond acceptors (Lipinski definition) is 15. The minimum atomic E-state index is -0.611. The number of hydrogen-bond donors (Lipinski definition) is 3. The van der Waals surface area contributed by atoms with Crippen molar-refractivity contribution in [2.24, 2.45) is 21.8 Å². The van der Waals surface area contributed by atoms with E-state index < -0.39 is 41.6 Å². The fourth-order valence-electron chi connectivity index (χ4n) is 15.1. The summed E-state index contributed by atoms with van der Waals surface area (Å²) in [5.41, 5.74) is 14.3. The Morgan fingerprint density at radius 2 is 0.919 bits per heavy atom. The molecule has 20 nitrogen and oxygen atoms in total. The molecule has 2 unspecified atom stereocenters. The van der Waals surface area contributed by atoms with Crippen LogP contribution in [-0.2, 0) is 42.9 Å². The van der Waals surface area contributed by atoms with Gasteiger partial charge in [0.2, 0.25) is 11.8 Å². The SMILES string of the molecule is COC(=O)C[C@H](C(=O)N1CCCC1C1=NC=C(c2ccc3cc(-c4ccc5nc([C@@H]6CCCN6)[nH]c5c4)ccc3c2)C1)[C@@H](C)OC.COC(=O)C[C@H](C(=O)N1CCCC1C1=NC=C(c2ccc3cc(-c4ccc5nc([C@@H]6CCCN6C(=O)OC(C)(C)C)[nH]c5c4)ccc3c2)C1)[C@@H](C)OC. The maximum atomic E-state index is 13.7. The van der Waals surface area contributed by atoms with Gasteiger partial charge < -0.3 is 48.8 Å². The molecule has 6 aliphatic rings. The fraction of sp³-hybridized carbons (Fsp3) is 0.430. The van der Waals surface area contributed by atoms with Gasteiger partial charge in [0, 0.05) is 70.5 Å². The zero-order valence-corrected chi connectivity index (χ0v) is 58.2. The first kappa shape index (κ1) is 68.2. The van der Waals surface area contributed by atoms with Crippen LogP contribution in [0.1, 0.15) is 147 Å². The number of fused-ring (bicyclic) bond motifs is 4. The molecule has 8 heterocycles. The van der Waals surface area contributed by atoms with E-state index in [0.717, 1.165) is 146 Å². The van der Waals surface area contributed by atoms with Crippen LogP contribution in [0.3, 0.4) is 0 Å². The summed E-state index contributed by atoms with van der Waals surface area (Å²) in [5, 5.41) is 8.14. The molecule has 4 fully saturated rings. The standard InChI is InChI=1S/C42H49N5O6.C37H41N5O4/c1-25(51-5)32(23-38(48)52-6)40(49)46-17-7-9-36(46)35-22-31(24-43-35)29-14-13-26-19-28(12-11-27(26)20-29)30-15-16-33-34(21-30)45-39(44-33)37-10-8-18-47(37)41(50)53-42(2,3)4;1-22(45-2)29(20-35(43)46-3)37(44)42-15-5-7-34(42)33-19-28(21-39-33)26-11-10-23-16-25(9-8-24(23)17-26)27-12-13-30-32(18-27)41-36(40-30)31-6-4-14-38-31/h11-16,19-21,24-25,32,36-37H,7-10,17-18,22-23H2,1-6H3,(H,44,45);8-13,16-18,21-22,29,31,34,38H,4-7,14-15,19-20H2,1-3H3,(H,40,41)/t25-,32+,36?,37+;22-,29+,31+,34?/m11/s1. The predicted octanol–water partition coefficient (Wildman–Crippen LogP) is 14.0. The summed E-state index contributed by atoms with van der Waals surface area (Å²) >= 11 is 0. The van der Waals surface area contributed by atoms with E-state index in [-0.39, 0.29) is 48.9 Å². The number of allylic oxidation sites excluding steroid dienone is 2. The van der Waals surface area contributed by atoms with Crippen LogP contribution in [0.25, 0.3) is 77.0 Å². The molecule has 6 aliphatic heterocycles. The van der Waals surface area contributed by atoms with E-state index in [1.807, 2.05) is 62.9 Å². The van der Waals surface area contributed by atoms with Crippen LogP contribution in [0, 0.1) is 11.8 Å². The van der Waals surface area contributed by atoms with Crippen molar-refractivity contribution in [2.45, 2.75) is 154 Å². The highest BCUT2D eigenvalue weighted by atomic mass is 16.6. The van der Waals surface area contributed by atoms with Crippen LogP contribution in [0.5, 0.6) is 0 Å². The minimum absolute atomic E-state index is 0.000812. The van der Waals surface area contributed by atoms with Crippen molar-refractivity contribution in [3.8, 4) is 22.3 Å². The van der Waals surface area contributed by atoms with Gasteiger partial charge in [0.15, 0.2) is 0 Å². The molecule has 6 aromatic carbocycles. The van der Waals surface area contributed by atoms with E-state index in [1.165, 1.54) is 37.0 Å². The number of rotatable bonds is 18. The van der Waals surface area contributed by atoms with Crippen molar-refractivity contribution >= 4 is 96.0 Å². The number of aromatic nitrogens is 4. The maximum Gasteiger partial charge on any atom is 0.410 e. The number of amides is 3. The Bertz CT molecular complexity index is 4530. The highest BCUT2D eigenvalue weighted by molar-refractivity contribution is 6.06. The predicted molar refractivity (Wildman–Crippen MR) is 386 cm³/mol. The monoisotopic (exact) mass is 1340 g/mol. The lowest BCUT2D eigenvalue weighted by Crippen LogP contribution is -2.46. The number of imidazole rings is 2. The van der Waals surface area contributed by atoms with Gasteiger partial charge in [-0.2, -0.15) is 0 Å². The van der Waals surface area contributed by atoms with Crippen molar-refractivity contribution < 1.29 is 47.7 Å². The van der Waals surface area contributed by atoms with Crippen molar-refractivity contribution in [3.05, 3.63) is 144 Å². The minimum Gasteiger partial charge on any atom is -0.469 e. The van der Waals surface area contributed by atoms with Gasteiger partial charge in [-0.15, -0.1) is 0 Å². The van der Waals surface area contributed by atoms with E-state index >= 15 is 0 Å². The van der Waals surface area contributed by atoms with Crippen LogP contribution in [0.4, 0.5) is 4.79 Å². The van der Waals surface area contributed by atoms with Crippen molar-refractivity contribution in [1.29, 1.82) is 0 Å². The lowest BCUT2D eigenvalue weighted by atomic mass is 9.94. The second-order valence-electron chi connectivity index (χ2n) is 28.2. The molecule has 0 radical (unpaired) electrons. The number of H-pyrrole nitrogens is 2. The number of methoxy groups -OCH3 is 4. The molecule has 8 aromatic rings. The topological polar surface area (TPSA) is 235 Å². The molecule has 4 saturated heterocycles. The molecule has 3 amide bonds. The van der Waals surface area contributed by atoms with Gasteiger partial charge in [-0.25, -0.2) is 14.8 Å². The van der Waals surface area contributed by atoms with Gasteiger partial charge in [-0.05, 0) is 207 Å². The molecule has 8 atom stereocenters. The van der Waals surface area contributed by atoms with Gasteiger partial charge in [0.05, 0.1) is 97.3 Å². The number of likely N-dealkylation sites (tertiary alicyclic amines) is 3. The van der Waals surface area contributed by atoms with Crippen LogP contribution in [0.2, 0.25) is 0 Å². The van der Waals surface area contributed by atoms with Crippen molar-refractivity contribution in [3.63, 3.8) is 0 Å². The first-order valence-electron chi connectivity index (χ1n) is 35.0. The lowest BCUT2D eigenvalue weighted by Gasteiger charge is -2.31. The summed E-state index contributed by atoms with van der Waals surface area (Å²) in [6.07, 6.45) is 11.7. The number of aromatic amines is 2. The highest BCUT2D eigenvalue weighted by Crippen LogP contribution is 2.39. The van der Waals surface area contributed by atoms with E-state index in [0.29, 0.717) is 38.5 Å². The third kappa shape index (κ3) is 14.7. The van der Waals surface area contributed by atoms with E-state index in [1.54, 1.807) is 19.1 Å². The van der Waals surface area contributed by atoms with E-state index in [9.17, 15) is 24.0 Å². The van der Waals surface area contributed by atoms with E-state index in [4.69, 9.17) is 43.6 Å². The first-order valence-corrected chi connectivity index (χ1v) is 35.0. The quantitative estimate of drug-likeness (QED) is 0.0536. The van der Waals surface area contributed by atoms with Crippen molar-refractivity contribution in [2.75, 3.05) is 54.6 Å². The maximum absolute atomic E-state index is 13.7. The normalized spacial score (nSPS) is 20.6. The van der Waals surface area contributed by atoms with Gasteiger partial charge in [0.25, 0.3) is 0 Å². The molecule has 0 aliphatic carbocycles. The Morgan fingerprint density at radius 1 is 0.505 bits per heavy atom. The number of aliphatic imine (C=N–C) groups is 2. The van der Waals surface area contributed by atoms with Gasteiger partial charge in [0.1, 0.15) is 17.2 Å². The Kier molecular flexibility index (Phi) is 20.1. The Hall–Kier alpha value is -9.37. The number of nitrogens with zero attached hydrogens (tertiary/aromatic N) is 7. The molecule has 99 heavy (non-hydrogen) atoms. The molecule has 2 aromatic heterocycles. The molecular weight excluding hydrogens is 1250 g/mol. The second kappa shape index (κ2) is 29.2. The molecule has 14 rings (SSSR count). The van der Waals surface area contributed by atoms with E-state index in [2.05, 4.69) is 118 Å². The first-order chi connectivity index (χ1) is 47.8. The van der Waals surface area contributed by atoms with Gasteiger partial charge in [-0.1, -0.05) is 60.7 Å². The largest absolute Gasteiger partial charge is 0.469 e.